The monoisotopic (exact) mass is 374 g/mol. The molecule has 12 heteroatoms. The summed E-state index contributed by atoms with van der Waals surface area (Å²) in [6, 6.07) is 3.16. The van der Waals surface area contributed by atoms with Gasteiger partial charge in [0.2, 0.25) is 6.36 Å². The lowest BCUT2D eigenvalue weighted by molar-refractivity contribution is -0.202. The van der Waals surface area contributed by atoms with Crippen LogP contribution in [0.1, 0.15) is 17.0 Å². The predicted molar refractivity (Wildman–Crippen MR) is 79.9 cm³/mol. The van der Waals surface area contributed by atoms with Crippen molar-refractivity contribution in [3.63, 3.8) is 0 Å². The Morgan fingerprint density at radius 2 is 2.08 bits per heavy atom. The van der Waals surface area contributed by atoms with Gasteiger partial charge in [0.1, 0.15) is 23.4 Å². The zero-order valence-corrected chi connectivity index (χ0v) is 12.9. The molecule has 2 rings (SSSR count). The van der Waals surface area contributed by atoms with Crippen molar-refractivity contribution in [1.82, 2.24) is 14.5 Å². The van der Waals surface area contributed by atoms with Crippen LogP contribution in [0, 0.1) is 5.82 Å². The first-order chi connectivity index (χ1) is 12.3. The molecule has 2 aromatic rings. The summed E-state index contributed by atoms with van der Waals surface area (Å²) < 4.78 is 44.0. The molecule has 0 aliphatic rings. The molecule has 0 aromatic carbocycles. The number of halogens is 3. The van der Waals surface area contributed by atoms with Crippen LogP contribution < -0.4 is 11.0 Å². The maximum atomic E-state index is 13.9. The van der Waals surface area contributed by atoms with E-state index in [2.05, 4.69) is 20.0 Å². The van der Waals surface area contributed by atoms with Gasteiger partial charge in [-0.15, -0.1) is 0 Å². The van der Waals surface area contributed by atoms with E-state index in [9.17, 15) is 22.8 Å². The zero-order chi connectivity index (χ0) is 19.3. The van der Waals surface area contributed by atoms with Gasteiger partial charge in [-0.3, -0.25) is 4.79 Å². The van der Waals surface area contributed by atoms with Crippen LogP contribution in [0.2, 0.25) is 0 Å². The summed E-state index contributed by atoms with van der Waals surface area (Å²) in [5.41, 5.74) is -1.35. The third-order valence-corrected chi connectivity index (χ3v) is 3.02. The Balaban J connectivity index is 2.10. The number of aliphatic hydroxyl groups is 2. The molecular weight excluding hydrogens is 361 g/mol. The second kappa shape index (κ2) is 8.51. The van der Waals surface area contributed by atoms with E-state index in [0.717, 1.165) is 30.6 Å². The first-order valence-corrected chi connectivity index (χ1v) is 7.06. The molecule has 0 bridgehead atoms. The Bertz CT molecular complexity index is 815. The molecule has 0 fully saturated rings. The molecule has 2 heterocycles. The van der Waals surface area contributed by atoms with Crippen molar-refractivity contribution in [2.75, 3.05) is 11.9 Å². The fourth-order valence-electron chi connectivity index (χ4n) is 1.73. The Kier molecular flexibility index (Phi) is 6.38. The van der Waals surface area contributed by atoms with Crippen molar-refractivity contribution in [2.45, 2.75) is 18.9 Å². The number of ether oxygens (including phenoxy) is 1. The summed E-state index contributed by atoms with van der Waals surface area (Å²) in [6.45, 7) is -3.57. The molecule has 9 nitrogen and oxygen atoms in total. The van der Waals surface area contributed by atoms with E-state index in [4.69, 9.17) is 10.2 Å². The summed E-state index contributed by atoms with van der Waals surface area (Å²) in [5, 5.41) is 19.6. The molecule has 0 saturated carbocycles. The largest absolute Gasteiger partial charge is 0.393 e. The second-order valence-electron chi connectivity index (χ2n) is 4.84. The molecule has 140 valence electrons. The topological polar surface area (TPSA) is 127 Å². The number of carbonyl (C=O) groups excluding carboxylic acids is 1. The third-order valence-electron chi connectivity index (χ3n) is 3.02. The average Bonchev–Trinajstić information content (AvgIpc) is 2.59. The number of aromatic nitrogens is 3. The third kappa shape index (κ3) is 4.84. The van der Waals surface area contributed by atoms with Gasteiger partial charge in [-0.25, -0.2) is 23.1 Å². The Labute approximate surface area is 143 Å². The van der Waals surface area contributed by atoms with E-state index >= 15 is 0 Å². The van der Waals surface area contributed by atoms with E-state index in [1.54, 1.807) is 0 Å². The number of carbonyl (C=O) groups is 1. The highest BCUT2D eigenvalue weighted by Gasteiger charge is 2.24. The number of nitrogens with one attached hydrogen (secondary N) is 1. The van der Waals surface area contributed by atoms with Crippen LogP contribution in [0.3, 0.4) is 0 Å². The molecule has 3 N–H and O–H groups in total. The molecule has 0 aliphatic carbocycles. The smallest absolute Gasteiger partial charge is 0.353 e. The van der Waals surface area contributed by atoms with Gasteiger partial charge in [0.05, 0.1) is 12.8 Å². The van der Waals surface area contributed by atoms with Crippen molar-refractivity contribution in [1.29, 1.82) is 0 Å². The molecule has 0 aliphatic heterocycles. The van der Waals surface area contributed by atoms with Crippen LogP contribution in [0.15, 0.2) is 35.4 Å². The van der Waals surface area contributed by atoms with Gasteiger partial charge in [-0.05, 0) is 18.2 Å². The van der Waals surface area contributed by atoms with Crippen LogP contribution in [-0.2, 0) is 4.74 Å². The lowest BCUT2D eigenvalue weighted by atomic mass is 10.3. The van der Waals surface area contributed by atoms with Gasteiger partial charge >= 0.3 is 5.69 Å². The van der Waals surface area contributed by atoms with E-state index in [1.807, 2.05) is 0 Å². The Hall–Kier alpha value is -2.83. The highest BCUT2D eigenvalue weighted by Crippen LogP contribution is 2.14. The molecule has 1 amide bonds. The molecule has 3 atom stereocenters. The summed E-state index contributed by atoms with van der Waals surface area (Å²) in [6.07, 6.45) is -2.89. The molecule has 0 radical (unpaired) electrons. The minimum Gasteiger partial charge on any atom is -0.393 e. The number of hydrogen-bond acceptors (Lipinski definition) is 7. The molecule has 2 aromatic heterocycles. The molecule has 0 saturated heterocycles. The van der Waals surface area contributed by atoms with E-state index < -0.39 is 43.0 Å². The maximum Gasteiger partial charge on any atom is 0.353 e. The minimum absolute atomic E-state index is 0.146. The molecule has 0 unspecified atom stereocenters. The number of rotatable bonds is 7. The van der Waals surface area contributed by atoms with Crippen LogP contribution in [0.4, 0.5) is 19.0 Å². The summed E-state index contributed by atoms with van der Waals surface area (Å²) in [7, 11) is 0. The van der Waals surface area contributed by atoms with Gasteiger partial charge in [-0.1, -0.05) is 0 Å². The summed E-state index contributed by atoms with van der Waals surface area (Å²) >= 11 is 0. The van der Waals surface area contributed by atoms with Gasteiger partial charge < -0.3 is 20.3 Å². The Morgan fingerprint density at radius 1 is 1.35 bits per heavy atom. The first kappa shape index (κ1) is 19.5. The average molecular weight is 374 g/mol. The van der Waals surface area contributed by atoms with Gasteiger partial charge in [0.15, 0.2) is 0 Å². The fraction of sp³-hybridized carbons (Fsp3) is 0.286. The van der Waals surface area contributed by atoms with Crippen LogP contribution in [-0.4, -0.2) is 49.7 Å². The quantitative estimate of drug-likeness (QED) is 0.628. The summed E-state index contributed by atoms with van der Waals surface area (Å²) in [4.78, 5) is 30.6. The highest BCUT2D eigenvalue weighted by atomic mass is 19.2. The fourth-order valence-corrected chi connectivity index (χ4v) is 1.73. The molecule has 26 heavy (non-hydrogen) atoms. The maximum absolute atomic E-state index is 13.9. The second-order valence-corrected chi connectivity index (χ2v) is 4.84. The van der Waals surface area contributed by atoms with Crippen LogP contribution >= 0.6 is 0 Å². The van der Waals surface area contributed by atoms with Crippen molar-refractivity contribution >= 4 is 11.7 Å². The SMILES string of the molecule is O=C(Nc1ccn([C@@H](F)O[C@H](CO)[C@@H](O)F)c(=O)n1)c1ccc(F)cn1. The Morgan fingerprint density at radius 3 is 2.62 bits per heavy atom. The predicted octanol–water partition coefficient (Wildman–Crippen LogP) is 0.121. The van der Waals surface area contributed by atoms with Crippen molar-refractivity contribution in [3.05, 3.63) is 52.6 Å². The lowest BCUT2D eigenvalue weighted by Crippen LogP contribution is -2.34. The highest BCUT2D eigenvalue weighted by molar-refractivity contribution is 6.02. The standard InChI is InChI=1S/C14H13F3N4O5/c15-7-1-2-8(18-5-7)12(24)19-10-3-4-21(14(25)20-10)13(17)26-9(6-22)11(16)23/h1-5,9,11,13,22-23H,6H2,(H,19,20,24,25)/t9-,11-,13-/m1/s1. The van der Waals surface area contributed by atoms with Crippen molar-refractivity contribution in [3.8, 4) is 0 Å². The lowest BCUT2D eigenvalue weighted by Gasteiger charge is -2.19. The number of hydrogen-bond donors (Lipinski definition) is 3. The van der Waals surface area contributed by atoms with Gasteiger partial charge in [0, 0.05) is 6.20 Å². The zero-order valence-electron chi connectivity index (χ0n) is 12.9. The van der Waals surface area contributed by atoms with E-state index in [1.165, 1.54) is 0 Å². The van der Waals surface area contributed by atoms with Gasteiger partial charge in [0.25, 0.3) is 12.4 Å². The number of aliphatic hydroxyl groups excluding tert-OH is 2. The number of anilines is 1. The summed E-state index contributed by atoms with van der Waals surface area (Å²) in [5.74, 6) is -1.68. The van der Waals surface area contributed by atoms with E-state index in [0.29, 0.717) is 4.57 Å². The molecule has 0 spiro atoms. The number of pyridine rings is 1. The van der Waals surface area contributed by atoms with Crippen molar-refractivity contribution < 1.29 is 32.9 Å². The number of alkyl halides is 2. The van der Waals surface area contributed by atoms with Crippen LogP contribution in [0.5, 0.6) is 0 Å². The normalized spacial score (nSPS) is 14.5. The van der Waals surface area contributed by atoms with Crippen molar-refractivity contribution in [2.24, 2.45) is 0 Å². The molecular formula is C14H13F3N4O5. The first-order valence-electron chi connectivity index (χ1n) is 7.06. The van der Waals surface area contributed by atoms with E-state index in [-0.39, 0.29) is 11.5 Å². The number of nitrogens with zero attached hydrogens (tertiary/aromatic N) is 3. The minimum atomic E-state index is -2.66. The number of amides is 1. The van der Waals surface area contributed by atoms with Crippen LogP contribution in [0.25, 0.3) is 0 Å². The van der Waals surface area contributed by atoms with Gasteiger partial charge in [-0.2, -0.15) is 9.37 Å².